The van der Waals surface area contributed by atoms with E-state index in [0.29, 0.717) is 0 Å². The van der Waals surface area contributed by atoms with Crippen LogP contribution in [0.5, 0.6) is 0 Å². The van der Waals surface area contributed by atoms with Crippen LogP contribution in [-0.2, 0) is 6.42 Å². The average Bonchev–Trinajstić information content (AvgIpc) is 2.98. The summed E-state index contributed by atoms with van der Waals surface area (Å²) in [5.74, 6) is 1.87. The first-order valence-electron chi connectivity index (χ1n) is 7.69. The van der Waals surface area contributed by atoms with E-state index in [-0.39, 0.29) is 12.0 Å². The van der Waals surface area contributed by atoms with Gasteiger partial charge in [-0.25, -0.2) is 0 Å². The third-order valence-electron chi connectivity index (χ3n) is 4.68. The Hall–Kier alpha value is -1.72. The van der Waals surface area contributed by atoms with Crippen LogP contribution in [0, 0.1) is 0 Å². The highest BCUT2D eigenvalue weighted by molar-refractivity contribution is 5.43. The molecule has 4 rings (SSSR count). The third kappa shape index (κ3) is 2.26. The topological polar surface area (TPSA) is 54.2 Å². The first-order valence-corrected chi connectivity index (χ1v) is 7.69. The van der Waals surface area contributed by atoms with Crippen LogP contribution in [0.3, 0.4) is 0 Å². The number of piperazine rings is 1. The maximum Gasteiger partial charge on any atom is 0.234 e. The SMILES string of the molecule is CC(c1noc(C2Cc3ccccc32)n1)N1CCNCC1. The molecule has 1 aliphatic heterocycles. The second kappa shape index (κ2) is 5.24. The molecule has 21 heavy (non-hydrogen) atoms. The zero-order valence-corrected chi connectivity index (χ0v) is 12.2. The number of hydrogen-bond donors (Lipinski definition) is 1. The molecule has 110 valence electrons. The van der Waals surface area contributed by atoms with E-state index in [2.05, 4.69) is 51.5 Å². The summed E-state index contributed by atoms with van der Waals surface area (Å²) in [6, 6.07) is 8.71. The second-order valence-electron chi connectivity index (χ2n) is 5.91. The van der Waals surface area contributed by atoms with E-state index in [1.165, 1.54) is 11.1 Å². The van der Waals surface area contributed by atoms with Gasteiger partial charge in [0.2, 0.25) is 5.89 Å². The van der Waals surface area contributed by atoms with Crippen molar-refractivity contribution < 1.29 is 4.52 Å². The Morgan fingerprint density at radius 1 is 1.29 bits per heavy atom. The minimum atomic E-state index is 0.222. The monoisotopic (exact) mass is 284 g/mol. The van der Waals surface area contributed by atoms with Crippen molar-refractivity contribution in [2.24, 2.45) is 0 Å². The number of nitrogens with one attached hydrogen (secondary N) is 1. The molecule has 1 aromatic heterocycles. The Balaban J connectivity index is 1.51. The first-order chi connectivity index (χ1) is 10.3. The lowest BCUT2D eigenvalue weighted by atomic mass is 9.77. The van der Waals surface area contributed by atoms with Crippen LogP contribution < -0.4 is 5.32 Å². The molecular formula is C16H20N4O. The second-order valence-corrected chi connectivity index (χ2v) is 5.91. The number of nitrogens with zero attached hydrogens (tertiary/aromatic N) is 3. The minimum Gasteiger partial charge on any atom is -0.339 e. The Bertz CT molecular complexity index is 633. The molecule has 0 spiro atoms. The fraction of sp³-hybridized carbons (Fsp3) is 0.500. The molecule has 2 aromatic rings. The van der Waals surface area contributed by atoms with Gasteiger partial charge < -0.3 is 9.84 Å². The van der Waals surface area contributed by atoms with Crippen molar-refractivity contribution >= 4 is 0 Å². The van der Waals surface area contributed by atoms with Crippen LogP contribution in [0.25, 0.3) is 0 Å². The molecule has 2 unspecified atom stereocenters. The Labute approximate surface area is 124 Å². The van der Waals surface area contributed by atoms with Crippen molar-refractivity contribution in [3.63, 3.8) is 0 Å². The number of hydrogen-bond acceptors (Lipinski definition) is 5. The molecule has 2 heterocycles. The van der Waals surface area contributed by atoms with Crippen LogP contribution in [0.15, 0.2) is 28.8 Å². The van der Waals surface area contributed by atoms with E-state index in [1.54, 1.807) is 0 Å². The molecule has 0 amide bonds. The van der Waals surface area contributed by atoms with E-state index in [1.807, 2.05) is 0 Å². The van der Waals surface area contributed by atoms with Crippen molar-refractivity contribution in [1.29, 1.82) is 0 Å². The van der Waals surface area contributed by atoms with Gasteiger partial charge in [0.05, 0.1) is 12.0 Å². The van der Waals surface area contributed by atoms with E-state index in [0.717, 1.165) is 44.3 Å². The van der Waals surface area contributed by atoms with Crippen LogP contribution in [-0.4, -0.2) is 41.2 Å². The van der Waals surface area contributed by atoms with Crippen molar-refractivity contribution in [2.75, 3.05) is 26.2 Å². The predicted octanol–water partition coefficient (Wildman–Crippen LogP) is 1.72. The summed E-state index contributed by atoms with van der Waals surface area (Å²) in [7, 11) is 0. The van der Waals surface area contributed by atoms with Gasteiger partial charge in [-0.05, 0) is 24.5 Å². The van der Waals surface area contributed by atoms with Gasteiger partial charge in [0.15, 0.2) is 5.82 Å². The van der Waals surface area contributed by atoms with Crippen LogP contribution in [0.2, 0.25) is 0 Å². The Morgan fingerprint density at radius 2 is 2.10 bits per heavy atom. The molecule has 1 aromatic carbocycles. The van der Waals surface area contributed by atoms with Gasteiger partial charge in [-0.1, -0.05) is 29.4 Å². The Morgan fingerprint density at radius 3 is 2.90 bits per heavy atom. The highest BCUT2D eigenvalue weighted by Gasteiger charge is 2.32. The van der Waals surface area contributed by atoms with Gasteiger partial charge >= 0.3 is 0 Å². The number of rotatable bonds is 3. The van der Waals surface area contributed by atoms with E-state index >= 15 is 0 Å². The molecule has 0 bridgehead atoms. The average molecular weight is 284 g/mol. The summed E-state index contributed by atoms with van der Waals surface area (Å²) in [4.78, 5) is 7.07. The molecule has 0 radical (unpaired) electrons. The van der Waals surface area contributed by atoms with Crippen LogP contribution in [0.1, 0.15) is 41.7 Å². The lowest BCUT2D eigenvalue weighted by Crippen LogP contribution is -2.44. The van der Waals surface area contributed by atoms with Gasteiger partial charge in [-0.15, -0.1) is 0 Å². The van der Waals surface area contributed by atoms with Crippen molar-refractivity contribution in [3.8, 4) is 0 Å². The molecule has 5 nitrogen and oxygen atoms in total. The van der Waals surface area contributed by atoms with E-state index < -0.39 is 0 Å². The predicted molar refractivity (Wildman–Crippen MR) is 79.1 cm³/mol. The third-order valence-corrected chi connectivity index (χ3v) is 4.68. The summed E-state index contributed by atoms with van der Waals surface area (Å²) >= 11 is 0. The molecule has 1 aliphatic carbocycles. The molecule has 1 N–H and O–H groups in total. The van der Waals surface area contributed by atoms with Gasteiger partial charge in [0.25, 0.3) is 0 Å². The fourth-order valence-electron chi connectivity index (χ4n) is 3.27. The normalized spacial score (nSPS) is 23.4. The standard InChI is InChI=1S/C16H20N4O/c1-11(20-8-6-17-7-9-20)15-18-16(21-19-15)14-10-12-4-2-3-5-13(12)14/h2-5,11,14,17H,6-10H2,1H3. The Kier molecular flexibility index (Phi) is 3.24. The number of fused-ring (bicyclic) bond motifs is 1. The fourth-order valence-corrected chi connectivity index (χ4v) is 3.27. The molecular weight excluding hydrogens is 264 g/mol. The van der Waals surface area contributed by atoms with Crippen LogP contribution >= 0.6 is 0 Å². The van der Waals surface area contributed by atoms with Gasteiger partial charge in [-0.2, -0.15) is 4.98 Å². The smallest absolute Gasteiger partial charge is 0.234 e. The van der Waals surface area contributed by atoms with Crippen molar-refractivity contribution in [3.05, 3.63) is 47.1 Å². The summed E-state index contributed by atoms with van der Waals surface area (Å²) in [5.41, 5.74) is 2.74. The molecule has 2 atom stereocenters. The molecule has 1 saturated heterocycles. The maximum absolute atomic E-state index is 5.53. The van der Waals surface area contributed by atoms with Gasteiger partial charge in [0, 0.05) is 26.2 Å². The molecule has 1 fully saturated rings. The summed E-state index contributed by atoms with van der Waals surface area (Å²) < 4.78 is 5.53. The molecule has 0 saturated carbocycles. The van der Waals surface area contributed by atoms with Crippen LogP contribution in [0.4, 0.5) is 0 Å². The number of benzene rings is 1. The summed E-state index contributed by atoms with van der Waals surface area (Å²) in [6.45, 7) is 6.30. The summed E-state index contributed by atoms with van der Waals surface area (Å²) in [5, 5.41) is 7.59. The van der Waals surface area contributed by atoms with Crippen molar-refractivity contribution in [2.45, 2.75) is 25.3 Å². The molecule has 5 heteroatoms. The molecule has 2 aliphatic rings. The number of aromatic nitrogens is 2. The lowest BCUT2D eigenvalue weighted by molar-refractivity contribution is 0.176. The van der Waals surface area contributed by atoms with Gasteiger partial charge in [0.1, 0.15) is 0 Å². The summed E-state index contributed by atoms with van der Waals surface area (Å²) in [6.07, 6.45) is 1.01. The van der Waals surface area contributed by atoms with E-state index in [9.17, 15) is 0 Å². The highest BCUT2D eigenvalue weighted by Crippen LogP contribution is 2.39. The quantitative estimate of drug-likeness (QED) is 0.930. The maximum atomic E-state index is 5.53. The van der Waals surface area contributed by atoms with Gasteiger partial charge in [-0.3, -0.25) is 4.90 Å². The van der Waals surface area contributed by atoms with E-state index in [4.69, 9.17) is 4.52 Å². The zero-order valence-electron chi connectivity index (χ0n) is 12.2. The van der Waals surface area contributed by atoms with Crippen molar-refractivity contribution in [1.82, 2.24) is 20.4 Å². The lowest BCUT2D eigenvalue weighted by Gasteiger charge is -2.31. The first kappa shape index (κ1) is 13.0. The minimum absolute atomic E-state index is 0.222. The highest BCUT2D eigenvalue weighted by atomic mass is 16.5. The zero-order chi connectivity index (χ0) is 14.2. The largest absolute Gasteiger partial charge is 0.339 e.